The van der Waals surface area contributed by atoms with Gasteiger partial charge in [-0.05, 0) is 96.3 Å². The van der Waals surface area contributed by atoms with Crippen LogP contribution in [0.1, 0.15) is 181 Å². The summed E-state index contributed by atoms with van der Waals surface area (Å²) in [6, 6.07) is 0. The summed E-state index contributed by atoms with van der Waals surface area (Å²) in [4.78, 5) is 24.3. The molecule has 0 amide bonds. The second-order valence-electron chi connectivity index (χ2n) is 14.4. The molecule has 0 heterocycles. The Bertz CT molecular complexity index is 1150. The fourth-order valence-corrected chi connectivity index (χ4v) is 5.67. The van der Waals surface area contributed by atoms with Crippen molar-refractivity contribution in [3.8, 4) is 0 Å². The quantitative estimate of drug-likeness (QED) is 0.0382. The van der Waals surface area contributed by atoms with Gasteiger partial charge in [0.1, 0.15) is 6.61 Å². The summed E-state index contributed by atoms with van der Waals surface area (Å²) in [6.45, 7) is 3.94. The Labute approximate surface area is 344 Å². The normalized spacial score (nSPS) is 13.3. The molecule has 0 rings (SSSR count). The molecule has 0 radical (unpaired) electrons. The molecular weight excluding hydrogens is 693 g/mol. The van der Waals surface area contributed by atoms with Crippen LogP contribution >= 0.6 is 0 Å². The van der Waals surface area contributed by atoms with Gasteiger partial charge >= 0.3 is 11.9 Å². The van der Waals surface area contributed by atoms with Gasteiger partial charge in [-0.3, -0.25) is 9.59 Å². The molecule has 0 fully saturated rings. The number of hydrogen-bond acceptors (Lipinski definition) is 5. The van der Waals surface area contributed by atoms with E-state index in [-0.39, 0.29) is 25.2 Å². The Morgan fingerprint density at radius 3 is 1.18 bits per heavy atom. The van der Waals surface area contributed by atoms with E-state index in [2.05, 4.69) is 123 Å². The Balaban J connectivity index is 3.65. The van der Waals surface area contributed by atoms with Crippen LogP contribution < -0.4 is 0 Å². The topological polar surface area (TPSA) is 72.8 Å². The Morgan fingerprint density at radius 2 is 0.768 bits per heavy atom. The van der Waals surface area contributed by atoms with E-state index in [1.807, 2.05) is 0 Å². The zero-order chi connectivity index (χ0) is 40.7. The molecule has 1 N–H and O–H groups in total. The van der Waals surface area contributed by atoms with Crippen molar-refractivity contribution in [1.82, 2.24) is 0 Å². The van der Waals surface area contributed by atoms with Crippen molar-refractivity contribution < 1.29 is 24.2 Å². The fraction of sp³-hybridized carbons (Fsp3) is 0.608. The lowest BCUT2D eigenvalue weighted by Crippen LogP contribution is -2.28. The van der Waals surface area contributed by atoms with Crippen LogP contribution in [0, 0.1) is 0 Å². The van der Waals surface area contributed by atoms with Crippen LogP contribution in [0.3, 0.4) is 0 Å². The second kappa shape index (κ2) is 45.9. The molecule has 0 saturated heterocycles. The minimum atomic E-state index is -0.789. The van der Waals surface area contributed by atoms with Gasteiger partial charge in [0.05, 0.1) is 6.61 Å². The maximum absolute atomic E-state index is 12.2. The number of aliphatic hydroxyl groups excluding tert-OH is 1. The first-order valence-electron chi connectivity index (χ1n) is 22.4. The lowest BCUT2D eigenvalue weighted by molar-refractivity contribution is -0.161. The number of esters is 2. The SMILES string of the molecule is CC/C=C\C/C=C\C/C=C\C/C=C\C/C=C\C/C=C\C/C=C\C/C=C\CCCCCCCCC(=O)OC(CO)COC(=O)CCCCCCC/C=C\CCCC. The molecule has 0 bridgehead atoms. The number of carbonyl (C=O) groups excluding carboxylic acids is 2. The summed E-state index contributed by atoms with van der Waals surface area (Å²) in [6.07, 6.45) is 65.9. The molecule has 5 nitrogen and oxygen atoms in total. The first-order chi connectivity index (χ1) is 27.6. The zero-order valence-corrected chi connectivity index (χ0v) is 35.8. The highest BCUT2D eigenvalue weighted by molar-refractivity contribution is 5.70. The summed E-state index contributed by atoms with van der Waals surface area (Å²) in [5.74, 6) is -0.629. The van der Waals surface area contributed by atoms with Gasteiger partial charge in [-0.1, -0.05) is 181 Å². The van der Waals surface area contributed by atoms with Gasteiger partial charge in [-0.2, -0.15) is 0 Å². The van der Waals surface area contributed by atoms with E-state index in [1.54, 1.807) is 0 Å². The molecule has 0 aliphatic heterocycles. The maximum atomic E-state index is 12.2. The number of rotatable bonds is 39. The van der Waals surface area contributed by atoms with Crippen molar-refractivity contribution in [3.63, 3.8) is 0 Å². The predicted octanol–water partition coefficient (Wildman–Crippen LogP) is 14.6. The third-order valence-corrected chi connectivity index (χ3v) is 9.05. The predicted molar refractivity (Wildman–Crippen MR) is 242 cm³/mol. The van der Waals surface area contributed by atoms with Crippen LogP contribution in [0.5, 0.6) is 0 Å². The van der Waals surface area contributed by atoms with Crippen molar-refractivity contribution >= 4 is 11.9 Å². The molecule has 316 valence electrons. The standard InChI is InChI=1S/C51H82O5/c1-3-5-7-9-11-13-15-16-17-18-19-20-21-22-23-24-25-26-27-28-29-30-31-32-33-34-36-38-40-42-44-46-51(54)56-49(47-52)48-55-50(53)45-43-41-39-37-35-14-12-10-8-6-4-2/h5,7,10-13,16-17,19-20,22-23,25-26,28-29,31-32,49,52H,3-4,6,8-9,14-15,18,21,24,27,30,33-48H2,1-2H3/b7-5-,12-10-,13-11-,17-16-,20-19-,23-22-,26-25-,29-28-,32-31-. The molecule has 0 aliphatic rings. The van der Waals surface area contributed by atoms with Gasteiger partial charge in [0.15, 0.2) is 6.10 Å². The van der Waals surface area contributed by atoms with E-state index in [9.17, 15) is 14.7 Å². The first kappa shape index (κ1) is 52.6. The molecular formula is C51H82O5. The van der Waals surface area contributed by atoms with E-state index in [1.165, 1.54) is 51.4 Å². The molecule has 56 heavy (non-hydrogen) atoms. The average Bonchev–Trinajstić information content (AvgIpc) is 3.20. The Hall–Kier alpha value is -3.44. The Morgan fingerprint density at radius 1 is 0.429 bits per heavy atom. The van der Waals surface area contributed by atoms with Crippen LogP contribution in [0.2, 0.25) is 0 Å². The number of allylic oxidation sites excluding steroid dienone is 18. The van der Waals surface area contributed by atoms with E-state index in [0.29, 0.717) is 12.8 Å². The van der Waals surface area contributed by atoms with E-state index in [0.717, 1.165) is 103 Å². The fourth-order valence-electron chi connectivity index (χ4n) is 5.67. The third kappa shape index (κ3) is 43.3. The molecule has 5 heteroatoms. The van der Waals surface area contributed by atoms with Gasteiger partial charge in [-0.25, -0.2) is 0 Å². The summed E-state index contributed by atoms with van der Waals surface area (Å²) in [5, 5.41) is 9.56. The van der Waals surface area contributed by atoms with Crippen molar-refractivity contribution in [2.75, 3.05) is 13.2 Å². The summed E-state index contributed by atoms with van der Waals surface area (Å²) >= 11 is 0. The van der Waals surface area contributed by atoms with Crippen LogP contribution in [-0.2, 0) is 19.1 Å². The molecule has 1 unspecified atom stereocenters. The molecule has 0 spiro atoms. The molecule has 1 atom stereocenters. The monoisotopic (exact) mass is 775 g/mol. The lowest BCUT2D eigenvalue weighted by atomic mass is 10.1. The van der Waals surface area contributed by atoms with Crippen molar-refractivity contribution in [2.24, 2.45) is 0 Å². The minimum absolute atomic E-state index is 0.0828. The van der Waals surface area contributed by atoms with Crippen molar-refractivity contribution in [3.05, 3.63) is 109 Å². The summed E-state index contributed by atoms with van der Waals surface area (Å²) in [7, 11) is 0. The minimum Gasteiger partial charge on any atom is -0.462 e. The largest absolute Gasteiger partial charge is 0.462 e. The van der Waals surface area contributed by atoms with Crippen LogP contribution in [0.4, 0.5) is 0 Å². The van der Waals surface area contributed by atoms with E-state index < -0.39 is 6.10 Å². The maximum Gasteiger partial charge on any atom is 0.306 e. The third-order valence-electron chi connectivity index (χ3n) is 9.05. The molecule has 0 aromatic carbocycles. The van der Waals surface area contributed by atoms with Gasteiger partial charge in [0.25, 0.3) is 0 Å². The van der Waals surface area contributed by atoms with Gasteiger partial charge in [0, 0.05) is 12.8 Å². The number of hydrogen-bond donors (Lipinski definition) is 1. The average molecular weight is 775 g/mol. The number of ether oxygens (including phenoxy) is 2. The molecule has 0 aliphatic carbocycles. The highest BCUT2D eigenvalue weighted by Gasteiger charge is 2.16. The van der Waals surface area contributed by atoms with Crippen LogP contribution in [-0.4, -0.2) is 36.4 Å². The van der Waals surface area contributed by atoms with Gasteiger partial charge in [0.2, 0.25) is 0 Å². The van der Waals surface area contributed by atoms with Gasteiger partial charge in [-0.15, -0.1) is 0 Å². The van der Waals surface area contributed by atoms with E-state index in [4.69, 9.17) is 9.47 Å². The smallest absolute Gasteiger partial charge is 0.306 e. The van der Waals surface area contributed by atoms with Crippen LogP contribution in [0.15, 0.2) is 109 Å². The number of carbonyl (C=O) groups is 2. The van der Waals surface area contributed by atoms with Gasteiger partial charge < -0.3 is 14.6 Å². The van der Waals surface area contributed by atoms with E-state index >= 15 is 0 Å². The summed E-state index contributed by atoms with van der Waals surface area (Å²) < 4.78 is 10.6. The molecule has 0 aromatic rings. The highest BCUT2D eigenvalue weighted by Crippen LogP contribution is 2.12. The zero-order valence-electron chi connectivity index (χ0n) is 35.8. The second-order valence-corrected chi connectivity index (χ2v) is 14.4. The lowest BCUT2D eigenvalue weighted by Gasteiger charge is -2.15. The highest BCUT2D eigenvalue weighted by atomic mass is 16.6. The van der Waals surface area contributed by atoms with Crippen molar-refractivity contribution in [2.45, 2.75) is 187 Å². The van der Waals surface area contributed by atoms with Crippen molar-refractivity contribution in [1.29, 1.82) is 0 Å². The number of unbranched alkanes of at least 4 members (excludes halogenated alkanes) is 13. The van der Waals surface area contributed by atoms with Crippen LogP contribution in [0.25, 0.3) is 0 Å². The summed E-state index contributed by atoms with van der Waals surface area (Å²) in [5.41, 5.74) is 0. The molecule has 0 saturated carbocycles. The number of aliphatic hydroxyl groups is 1. The first-order valence-corrected chi connectivity index (χ1v) is 22.4. The molecule has 0 aromatic heterocycles. The Kier molecular flexibility index (Phi) is 43.1.